The molecule has 0 amide bonds. The van der Waals surface area contributed by atoms with Gasteiger partial charge in [0.1, 0.15) is 5.52 Å². The van der Waals surface area contributed by atoms with Crippen LogP contribution in [0.4, 0.5) is 0 Å². The minimum atomic E-state index is -0.108. The summed E-state index contributed by atoms with van der Waals surface area (Å²) in [6.07, 6.45) is 0. The molecule has 4 nitrogen and oxygen atoms in total. The van der Waals surface area contributed by atoms with Gasteiger partial charge in [-0.3, -0.25) is 4.79 Å². The zero-order valence-corrected chi connectivity index (χ0v) is 13.0. The van der Waals surface area contributed by atoms with Crippen LogP contribution in [0.25, 0.3) is 21.7 Å². The van der Waals surface area contributed by atoms with Crippen LogP contribution < -0.4 is 5.56 Å². The molecule has 4 aromatic rings. The predicted molar refractivity (Wildman–Crippen MR) is 93.6 cm³/mol. The second kappa shape index (κ2) is 5.85. The van der Waals surface area contributed by atoms with Crippen molar-refractivity contribution in [1.82, 2.24) is 15.0 Å². The Morgan fingerprint density at radius 3 is 2.61 bits per heavy atom. The molecule has 0 saturated carbocycles. The first-order valence-electron chi connectivity index (χ1n) is 7.25. The fraction of sp³-hybridized carbons (Fsp3) is 0.0556. The van der Waals surface area contributed by atoms with E-state index in [1.807, 2.05) is 24.3 Å². The summed E-state index contributed by atoms with van der Waals surface area (Å²) in [6, 6.07) is 21.8. The topological polar surface area (TPSA) is 47.8 Å². The predicted octanol–water partition coefficient (Wildman–Crippen LogP) is 3.69. The highest BCUT2D eigenvalue weighted by Gasteiger charge is 2.05. The van der Waals surface area contributed by atoms with Crippen LogP contribution >= 0.6 is 11.8 Å². The number of aromatic nitrogens is 3. The smallest absolute Gasteiger partial charge is 0.267 e. The second-order valence-electron chi connectivity index (χ2n) is 5.19. The maximum atomic E-state index is 12.4. The summed E-state index contributed by atoms with van der Waals surface area (Å²) in [5.74, 6) is 0.439. The van der Waals surface area contributed by atoms with E-state index in [-0.39, 0.29) is 5.56 Å². The van der Waals surface area contributed by atoms with Gasteiger partial charge in [0, 0.05) is 4.90 Å². The van der Waals surface area contributed by atoms with Gasteiger partial charge in [0.25, 0.3) is 5.56 Å². The number of nitrogens with zero attached hydrogens (tertiary/aromatic N) is 3. The molecule has 0 N–H and O–H groups in total. The molecule has 0 aliphatic heterocycles. The van der Waals surface area contributed by atoms with Gasteiger partial charge in [0.2, 0.25) is 0 Å². The van der Waals surface area contributed by atoms with Crippen LogP contribution in [0, 0.1) is 0 Å². The molecule has 112 valence electrons. The average Bonchev–Trinajstić information content (AvgIpc) is 2.61. The van der Waals surface area contributed by atoms with E-state index >= 15 is 0 Å². The van der Waals surface area contributed by atoms with Gasteiger partial charge in [-0.15, -0.1) is 16.9 Å². The van der Waals surface area contributed by atoms with E-state index in [2.05, 4.69) is 40.6 Å². The molecular formula is C18H13N3OS. The first-order chi connectivity index (χ1) is 11.3. The first-order valence-corrected chi connectivity index (χ1v) is 8.24. The lowest BCUT2D eigenvalue weighted by Crippen LogP contribution is -2.23. The van der Waals surface area contributed by atoms with Gasteiger partial charge in [0.15, 0.2) is 0 Å². The van der Waals surface area contributed by atoms with Crippen LogP contribution in [0.5, 0.6) is 0 Å². The van der Waals surface area contributed by atoms with E-state index in [1.54, 1.807) is 23.9 Å². The Labute approximate surface area is 136 Å². The summed E-state index contributed by atoms with van der Waals surface area (Å²) in [4.78, 5) is 13.5. The molecule has 0 aliphatic rings. The fourth-order valence-corrected chi connectivity index (χ4v) is 3.32. The van der Waals surface area contributed by atoms with Crippen molar-refractivity contribution in [1.29, 1.82) is 0 Å². The molecule has 0 aliphatic carbocycles. The van der Waals surface area contributed by atoms with Crippen molar-refractivity contribution in [3.63, 3.8) is 0 Å². The van der Waals surface area contributed by atoms with Gasteiger partial charge in [-0.1, -0.05) is 47.7 Å². The minimum Gasteiger partial charge on any atom is -0.267 e. The monoisotopic (exact) mass is 319 g/mol. The number of fused-ring (bicyclic) bond motifs is 2. The van der Waals surface area contributed by atoms with E-state index in [0.29, 0.717) is 16.8 Å². The Hall–Kier alpha value is -2.66. The van der Waals surface area contributed by atoms with Crippen LogP contribution in [0.2, 0.25) is 0 Å². The summed E-state index contributed by atoms with van der Waals surface area (Å²) < 4.78 is 1.40. The molecule has 0 radical (unpaired) electrons. The van der Waals surface area contributed by atoms with Crippen LogP contribution in [-0.2, 0) is 5.88 Å². The van der Waals surface area contributed by atoms with E-state index in [0.717, 1.165) is 4.90 Å². The summed E-state index contributed by atoms with van der Waals surface area (Å²) in [5, 5.41) is 11.1. The van der Waals surface area contributed by atoms with Gasteiger partial charge in [-0.25, -0.2) is 4.68 Å². The molecule has 3 aromatic carbocycles. The molecule has 23 heavy (non-hydrogen) atoms. The minimum absolute atomic E-state index is 0.108. The third kappa shape index (κ3) is 2.71. The van der Waals surface area contributed by atoms with Gasteiger partial charge in [-0.2, -0.15) is 0 Å². The highest BCUT2D eigenvalue weighted by Crippen LogP contribution is 2.24. The van der Waals surface area contributed by atoms with Crippen molar-refractivity contribution >= 4 is 33.4 Å². The molecule has 5 heteroatoms. The standard InChI is InChI=1S/C18H13N3OS/c22-18-16-7-3-4-8-17(16)19-20-21(18)12-23-15-10-9-13-5-1-2-6-14(13)11-15/h1-11H,12H2. The SMILES string of the molecule is O=c1c2ccccc2nnn1CSc1ccc2ccccc2c1. The quantitative estimate of drug-likeness (QED) is 0.540. The number of thioether (sulfide) groups is 1. The van der Waals surface area contributed by atoms with Gasteiger partial charge in [0.05, 0.1) is 11.3 Å². The van der Waals surface area contributed by atoms with Gasteiger partial charge in [-0.05, 0) is 35.0 Å². The first kappa shape index (κ1) is 14.0. The fourth-order valence-electron chi connectivity index (χ4n) is 2.50. The van der Waals surface area contributed by atoms with E-state index < -0.39 is 0 Å². The number of hydrogen-bond acceptors (Lipinski definition) is 4. The molecule has 4 rings (SSSR count). The lowest BCUT2D eigenvalue weighted by Gasteiger charge is -2.06. The van der Waals surface area contributed by atoms with Gasteiger partial charge >= 0.3 is 0 Å². The summed E-state index contributed by atoms with van der Waals surface area (Å²) in [6.45, 7) is 0. The van der Waals surface area contributed by atoms with Crippen molar-refractivity contribution in [2.75, 3.05) is 0 Å². The van der Waals surface area contributed by atoms with Crippen molar-refractivity contribution < 1.29 is 0 Å². The molecule has 0 saturated heterocycles. The van der Waals surface area contributed by atoms with Crippen molar-refractivity contribution in [3.05, 3.63) is 77.1 Å². The van der Waals surface area contributed by atoms with Crippen molar-refractivity contribution in [3.8, 4) is 0 Å². The van der Waals surface area contributed by atoms with Crippen LogP contribution in [0.15, 0.2) is 76.4 Å². The zero-order valence-electron chi connectivity index (χ0n) is 12.2. The summed E-state index contributed by atoms with van der Waals surface area (Å²) >= 11 is 1.57. The molecule has 0 atom stereocenters. The van der Waals surface area contributed by atoms with Crippen LogP contribution in [-0.4, -0.2) is 15.0 Å². The molecule has 0 bridgehead atoms. The Kier molecular flexibility index (Phi) is 3.55. The lowest BCUT2D eigenvalue weighted by molar-refractivity contribution is 0.645. The van der Waals surface area contributed by atoms with E-state index in [1.165, 1.54) is 15.5 Å². The molecule has 1 aromatic heterocycles. The molecule has 0 unspecified atom stereocenters. The highest BCUT2D eigenvalue weighted by molar-refractivity contribution is 7.98. The summed E-state index contributed by atoms with van der Waals surface area (Å²) in [7, 11) is 0. The largest absolute Gasteiger partial charge is 0.278 e. The highest BCUT2D eigenvalue weighted by atomic mass is 32.2. The third-order valence-electron chi connectivity index (χ3n) is 3.70. The van der Waals surface area contributed by atoms with Gasteiger partial charge < -0.3 is 0 Å². The Bertz CT molecular complexity index is 1060. The van der Waals surface area contributed by atoms with E-state index in [9.17, 15) is 4.79 Å². The number of hydrogen-bond donors (Lipinski definition) is 0. The molecule has 0 fully saturated rings. The number of rotatable bonds is 3. The van der Waals surface area contributed by atoms with Crippen molar-refractivity contribution in [2.45, 2.75) is 10.8 Å². The Balaban J connectivity index is 1.63. The Morgan fingerprint density at radius 2 is 1.70 bits per heavy atom. The normalized spacial score (nSPS) is 11.1. The Morgan fingerprint density at radius 1 is 0.913 bits per heavy atom. The second-order valence-corrected chi connectivity index (χ2v) is 6.21. The maximum absolute atomic E-state index is 12.4. The van der Waals surface area contributed by atoms with Crippen LogP contribution in [0.3, 0.4) is 0 Å². The van der Waals surface area contributed by atoms with Crippen molar-refractivity contribution in [2.24, 2.45) is 0 Å². The number of benzene rings is 3. The van der Waals surface area contributed by atoms with E-state index in [4.69, 9.17) is 0 Å². The van der Waals surface area contributed by atoms with Crippen LogP contribution in [0.1, 0.15) is 0 Å². The summed E-state index contributed by atoms with van der Waals surface area (Å²) in [5.41, 5.74) is 0.522. The molecular weight excluding hydrogens is 306 g/mol. The third-order valence-corrected chi connectivity index (χ3v) is 4.66. The average molecular weight is 319 g/mol. The lowest BCUT2D eigenvalue weighted by atomic mass is 10.1. The molecule has 0 spiro atoms. The molecule has 1 heterocycles. The maximum Gasteiger partial charge on any atom is 0.278 e. The zero-order chi connectivity index (χ0) is 15.6.